The molecule has 0 aliphatic carbocycles. The minimum Gasteiger partial charge on any atom is -0.465 e. The lowest BCUT2D eigenvalue weighted by Crippen LogP contribution is -2.37. The van der Waals surface area contributed by atoms with E-state index in [1.807, 2.05) is 0 Å². The van der Waals surface area contributed by atoms with Gasteiger partial charge in [-0.05, 0) is 95.7 Å². The number of ether oxygens (including phenoxy) is 2. The highest BCUT2D eigenvalue weighted by molar-refractivity contribution is 5.69. The quantitative estimate of drug-likeness (QED) is 0.0481. The number of carbonyl (C=O) groups excluding carboxylic acids is 2. The van der Waals surface area contributed by atoms with Crippen LogP contribution in [0.5, 0.6) is 0 Å². The topological polar surface area (TPSA) is 79.3 Å². The van der Waals surface area contributed by atoms with Crippen LogP contribution in [0.15, 0.2) is 0 Å². The van der Waals surface area contributed by atoms with Crippen LogP contribution < -0.4 is 0 Å². The van der Waals surface area contributed by atoms with Gasteiger partial charge in [-0.1, -0.05) is 208 Å². The number of esters is 2. The molecule has 0 amide bonds. The first kappa shape index (κ1) is 62.8. The van der Waals surface area contributed by atoms with Crippen molar-refractivity contribution in [3.05, 3.63) is 0 Å². The van der Waals surface area contributed by atoms with Crippen LogP contribution in [0, 0.1) is 11.8 Å². The van der Waals surface area contributed by atoms with Crippen molar-refractivity contribution in [2.45, 2.75) is 285 Å². The summed E-state index contributed by atoms with van der Waals surface area (Å²) >= 11 is 0. The number of hydrogen-bond donors (Lipinski definition) is 1. The molecule has 0 aliphatic heterocycles. The van der Waals surface area contributed by atoms with Gasteiger partial charge in [0, 0.05) is 39.1 Å². The summed E-state index contributed by atoms with van der Waals surface area (Å²) in [6.45, 7) is 19.0. The lowest BCUT2D eigenvalue weighted by Gasteiger charge is -2.28. The number of hydrogen-bond acceptors (Lipinski definition) is 7. The molecule has 0 saturated heterocycles. The summed E-state index contributed by atoms with van der Waals surface area (Å²) in [6, 6.07) is 0. The smallest absolute Gasteiger partial charge is 0.305 e. The summed E-state index contributed by atoms with van der Waals surface area (Å²) in [6.07, 6.45) is 46.6. The van der Waals surface area contributed by atoms with Crippen LogP contribution in [0.3, 0.4) is 0 Å². The summed E-state index contributed by atoms with van der Waals surface area (Å²) in [7, 11) is 0. The summed E-state index contributed by atoms with van der Waals surface area (Å²) in [5, 5.41) is 9.65. The van der Waals surface area contributed by atoms with E-state index in [4.69, 9.17) is 9.47 Å². The molecular formula is C57H114N2O5. The second kappa shape index (κ2) is 51.2. The Morgan fingerprint density at radius 1 is 0.344 bits per heavy atom. The zero-order valence-electron chi connectivity index (χ0n) is 44.1. The molecule has 0 aromatic heterocycles. The largest absolute Gasteiger partial charge is 0.465 e. The number of carbonyl (C=O) groups is 2. The maximum absolute atomic E-state index is 12.9. The lowest BCUT2D eigenvalue weighted by molar-refractivity contribution is -0.146. The number of rotatable bonds is 53. The Balaban J connectivity index is 5.01. The van der Waals surface area contributed by atoms with Gasteiger partial charge in [-0.25, -0.2) is 0 Å². The third kappa shape index (κ3) is 44.6. The molecular weight excluding hydrogens is 793 g/mol. The van der Waals surface area contributed by atoms with Gasteiger partial charge in [-0.15, -0.1) is 0 Å². The highest BCUT2D eigenvalue weighted by Crippen LogP contribution is 2.22. The first-order valence-corrected chi connectivity index (χ1v) is 28.8. The van der Waals surface area contributed by atoms with Gasteiger partial charge in [-0.3, -0.25) is 9.59 Å². The lowest BCUT2D eigenvalue weighted by atomic mass is 9.95. The molecule has 0 heterocycles. The number of aliphatic hydroxyl groups excluding tert-OH is 1. The van der Waals surface area contributed by atoms with Gasteiger partial charge in [0.1, 0.15) is 0 Å². The van der Waals surface area contributed by atoms with Gasteiger partial charge in [0.15, 0.2) is 0 Å². The van der Waals surface area contributed by atoms with E-state index in [-0.39, 0.29) is 18.5 Å². The predicted octanol–water partition coefficient (Wildman–Crippen LogP) is 16.2. The summed E-state index contributed by atoms with van der Waals surface area (Å²) in [5.41, 5.74) is 0. The fourth-order valence-electron chi connectivity index (χ4n) is 9.26. The van der Waals surface area contributed by atoms with Crippen molar-refractivity contribution in [3.63, 3.8) is 0 Å². The maximum Gasteiger partial charge on any atom is 0.305 e. The van der Waals surface area contributed by atoms with Gasteiger partial charge in [0.2, 0.25) is 0 Å². The molecule has 382 valence electrons. The Kier molecular flexibility index (Phi) is 50.3. The molecule has 0 radical (unpaired) electrons. The summed E-state index contributed by atoms with van der Waals surface area (Å²) in [5.74, 6) is 1.01. The van der Waals surface area contributed by atoms with Crippen molar-refractivity contribution in [2.24, 2.45) is 11.8 Å². The second-order valence-electron chi connectivity index (χ2n) is 20.1. The van der Waals surface area contributed by atoms with Crippen molar-refractivity contribution < 1.29 is 24.2 Å². The minimum absolute atomic E-state index is 0.00778. The second-order valence-corrected chi connectivity index (χ2v) is 20.1. The maximum atomic E-state index is 12.9. The van der Waals surface area contributed by atoms with Crippen LogP contribution in [0.4, 0.5) is 0 Å². The number of aliphatic hydroxyl groups is 1. The third-order valence-corrected chi connectivity index (χ3v) is 13.7. The first-order valence-electron chi connectivity index (χ1n) is 28.8. The Bertz CT molecular complexity index is 949. The van der Waals surface area contributed by atoms with Gasteiger partial charge in [-0.2, -0.15) is 0 Å². The zero-order chi connectivity index (χ0) is 46.8. The van der Waals surface area contributed by atoms with Crippen LogP contribution in [0.1, 0.15) is 285 Å². The van der Waals surface area contributed by atoms with Crippen LogP contribution in [0.2, 0.25) is 0 Å². The van der Waals surface area contributed by atoms with Gasteiger partial charge >= 0.3 is 11.9 Å². The fourth-order valence-corrected chi connectivity index (χ4v) is 9.26. The molecule has 7 nitrogen and oxygen atoms in total. The summed E-state index contributed by atoms with van der Waals surface area (Å²) < 4.78 is 11.8. The number of nitrogens with zero attached hydrogens (tertiary/aromatic N) is 2. The van der Waals surface area contributed by atoms with Crippen molar-refractivity contribution in [1.82, 2.24) is 9.80 Å². The van der Waals surface area contributed by atoms with Crippen LogP contribution in [-0.4, -0.2) is 85.9 Å². The predicted molar refractivity (Wildman–Crippen MR) is 277 cm³/mol. The van der Waals surface area contributed by atoms with Crippen molar-refractivity contribution >= 4 is 11.9 Å². The molecule has 0 aliphatic rings. The Morgan fingerprint density at radius 3 is 0.969 bits per heavy atom. The first-order chi connectivity index (χ1) is 31.4. The van der Waals surface area contributed by atoms with Crippen molar-refractivity contribution in [2.75, 3.05) is 59.1 Å². The standard InChI is InChI=1S/C57H114N2O5/c1-6-11-16-20-23-26-35-45-59(48-38-51-60)50-49-58(46-36-27-33-43-56(61)63-52-54(39-29-15-10-5)41-31-24-21-17-12-7-2)47-37-28-34-44-57(62)64-53-55(40-30-19-14-9-4)42-32-25-22-18-13-8-3/h54-55,60H,6-53H2,1-5H3. The van der Waals surface area contributed by atoms with Crippen molar-refractivity contribution in [3.8, 4) is 0 Å². The molecule has 0 rings (SSSR count). The normalized spacial score (nSPS) is 12.7. The van der Waals surface area contributed by atoms with E-state index in [1.165, 1.54) is 193 Å². The number of unbranched alkanes of at least 4 members (excludes halogenated alkanes) is 25. The third-order valence-electron chi connectivity index (χ3n) is 13.7. The molecule has 0 fully saturated rings. The van der Waals surface area contributed by atoms with E-state index in [1.54, 1.807) is 0 Å². The van der Waals surface area contributed by atoms with Crippen molar-refractivity contribution in [1.29, 1.82) is 0 Å². The minimum atomic E-state index is -0.0102. The van der Waals surface area contributed by atoms with E-state index in [0.29, 0.717) is 37.9 Å². The molecule has 1 N–H and O–H groups in total. The molecule has 64 heavy (non-hydrogen) atoms. The SMILES string of the molecule is CCCCCCCCCN(CCCO)CCN(CCCCCC(=O)OCC(CCCCC)CCCCCCCC)CCCCCC(=O)OCC(CCCCCC)CCCCCCCC. The average Bonchev–Trinajstić information content (AvgIpc) is 3.30. The Labute approximate surface area is 400 Å². The molecule has 0 bridgehead atoms. The highest BCUT2D eigenvalue weighted by atomic mass is 16.5. The van der Waals surface area contributed by atoms with Crippen LogP contribution >= 0.6 is 0 Å². The Morgan fingerprint density at radius 2 is 0.609 bits per heavy atom. The fraction of sp³-hybridized carbons (Fsp3) is 0.965. The molecule has 0 aromatic rings. The molecule has 7 heteroatoms. The Hall–Kier alpha value is -1.18. The zero-order valence-corrected chi connectivity index (χ0v) is 44.1. The van der Waals surface area contributed by atoms with Gasteiger partial charge < -0.3 is 24.4 Å². The molecule has 2 atom stereocenters. The van der Waals surface area contributed by atoms with Crippen LogP contribution in [0.25, 0.3) is 0 Å². The van der Waals surface area contributed by atoms with E-state index in [0.717, 1.165) is 84.2 Å². The molecule has 0 aromatic carbocycles. The highest BCUT2D eigenvalue weighted by Gasteiger charge is 2.15. The monoisotopic (exact) mass is 907 g/mol. The van der Waals surface area contributed by atoms with Gasteiger partial charge in [0.05, 0.1) is 13.2 Å². The molecule has 0 saturated carbocycles. The summed E-state index contributed by atoms with van der Waals surface area (Å²) in [4.78, 5) is 30.9. The van der Waals surface area contributed by atoms with E-state index in [9.17, 15) is 14.7 Å². The van der Waals surface area contributed by atoms with E-state index in [2.05, 4.69) is 44.4 Å². The van der Waals surface area contributed by atoms with E-state index < -0.39 is 0 Å². The molecule has 0 spiro atoms. The van der Waals surface area contributed by atoms with E-state index >= 15 is 0 Å². The van der Waals surface area contributed by atoms with Gasteiger partial charge in [0.25, 0.3) is 0 Å². The average molecular weight is 908 g/mol. The molecule has 2 unspecified atom stereocenters. The van der Waals surface area contributed by atoms with Crippen LogP contribution in [-0.2, 0) is 19.1 Å².